The van der Waals surface area contributed by atoms with Crippen LogP contribution in [-0.4, -0.2) is 38.1 Å². The Bertz CT molecular complexity index is 1380. The van der Waals surface area contributed by atoms with Gasteiger partial charge in [-0.15, -0.1) is 0 Å². The third-order valence-corrected chi connectivity index (χ3v) is 12.8. The van der Waals surface area contributed by atoms with Crippen molar-refractivity contribution >= 4 is 22.1 Å². The van der Waals surface area contributed by atoms with E-state index in [-0.39, 0.29) is 53.9 Å². The van der Waals surface area contributed by atoms with E-state index < -0.39 is 27.0 Å². The van der Waals surface area contributed by atoms with Gasteiger partial charge in [0.1, 0.15) is 10.1 Å². The van der Waals surface area contributed by atoms with E-state index in [1.54, 1.807) is 0 Å². The molecule has 0 bridgehead atoms. The molecule has 63 heavy (non-hydrogen) atoms. The molecule has 1 aromatic carbocycles. The minimum absolute atomic E-state index is 0. The number of hydrogen-bond acceptors (Lipinski definition) is 7. The van der Waals surface area contributed by atoms with E-state index in [4.69, 9.17) is 9.47 Å². The Morgan fingerprint density at radius 1 is 0.429 bits per heavy atom. The number of allylic oxidation sites excluding steroid dienone is 4. The number of hydrogen-bond donors (Lipinski definition) is 0. The largest absolute Gasteiger partial charge is 1.00 e. The number of rotatable bonds is 45. The molecule has 0 atom stereocenters. The summed E-state index contributed by atoms with van der Waals surface area (Å²) >= 11 is 0. The second-order valence-electron chi connectivity index (χ2n) is 17.8. The monoisotopic (exact) mass is 909 g/mol. The molecule has 0 saturated carbocycles. The van der Waals surface area contributed by atoms with Gasteiger partial charge in [-0.05, 0) is 82.4 Å². The van der Waals surface area contributed by atoms with E-state index in [1.165, 1.54) is 193 Å². The molecule has 7 nitrogen and oxygen atoms in total. The molecule has 0 unspecified atom stereocenters. The predicted molar refractivity (Wildman–Crippen MR) is 260 cm³/mol. The van der Waals surface area contributed by atoms with E-state index >= 15 is 0 Å². The number of carbonyl (C=O) groups is 2. The average Bonchev–Trinajstić information content (AvgIpc) is 3.26. The molecule has 0 radical (unpaired) electrons. The molecular formula is C54H93NaO7S. The fourth-order valence-electron chi connectivity index (χ4n) is 7.98. The molecule has 0 fully saturated rings. The first-order valence-electron chi connectivity index (χ1n) is 26.0. The van der Waals surface area contributed by atoms with Crippen molar-refractivity contribution in [1.29, 1.82) is 0 Å². The maximum absolute atomic E-state index is 13.0. The van der Waals surface area contributed by atoms with Gasteiger partial charge < -0.3 is 14.0 Å². The molecule has 0 aliphatic carbocycles. The fourth-order valence-corrected chi connectivity index (χ4v) is 8.47. The normalized spacial score (nSPS) is 11.7. The summed E-state index contributed by atoms with van der Waals surface area (Å²) in [5.74, 6) is -1.58. The van der Waals surface area contributed by atoms with Gasteiger partial charge in [0.2, 0.25) is 0 Å². The molecule has 1 aromatic rings. The van der Waals surface area contributed by atoms with Gasteiger partial charge >= 0.3 is 41.5 Å². The summed E-state index contributed by atoms with van der Waals surface area (Å²) in [7, 11) is -4.83. The molecule has 0 aromatic heterocycles. The SMILES string of the molecule is CCCCCCCCCCCCCCCCC/C=C/CCCCOC(=O)c1ccc(S(=O)(=O)[O-])cc1C(=O)OCCCC/C=C/CCCCCCCCCCCCCCCCC.[Na+]. The molecule has 0 amide bonds. The van der Waals surface area contributed by atoms with Gasteiger partial charge in [-0.1, -0.05) is 218 Å². The van der Waals surface area contributed by atoms with Crippen molar-refractivity contribution in [2.24, 2.45) is 0 Å². The third kappa shape index (κ3) is 38.4. The van der Waals surface area contributed by atoms with Crippen molar-refractivity contribution in [3.05, 3.63) is 53.6 Å². The molecule has 0 aliphatic heterocycles. The zero-order valence-corrected chi connectivity index (χ0v) is 43.9. The van der Waals surface area contributed by atoms with Crippen LogP contribution in [0.5, 0.6) is 0 Å². The Kier molecular flexibility index (Phi) is 44.6. The molecule has 0 spiro atoms. The minimum Gasteiger partial charge on any atom is -0.744 e. The van der Waals surface area contributed by atoms with E-state index in [9.17, 15) is 22.6 Å². The Balaban J connectivity index is 0.0000384. The van der Waals surface area contributed by atoms with Crippen molar-refractivity contribution in [2.45, 2.75) is 263 Å². The van der Waals surface area contributed by atoms with Gasteiger partial charge in [-0.2, -0.15) is 0 Å². The van der Waals surface area contributed by atoms with E-state index in [1.807, 2.05) is 0 Å². The van der Waals surface area contributed by atoms with Crippen LogP contribution in [0.25, 0.3) is 0 Å². The molecule has 0 N–H and O–H groups in total. The van der Waals surface area contributed by atoms with Crippen molar-refractivity contribution < 1.29 is 61.6 Å². The zero-order valence-electron chi connectivity index (χ0n) is 41.1. The van der Waals surface area contributed by atoms with Gasteiger partial charge in [-0.3, -0.25) is 0 Å². The summed E-state index contributed by atoms with van der Waals surface area (Å²) in [6, 6.07) is 3.12. The minimum atomic E-state index is -4.83. The molecular weight excluding hydrogens is 816 g/mol. The van der Waals surface area contributed by atoms with Crippen LogP contribution in [0.3, 0.4) is 0 Å². The Morgan fingerprint density at radius 3 is 1.00 bits per heavy atom. The maximum Gasteiger partial charge on any atom is 1.00 e. The molecule has 0 aliphatic rings. The molecule has 0 heterocycles. The summed E-state index contributed by atoms with van der Waals surface area (Å²) < 4.78 is 45.9. The third-order valence-electron chi connectivity index (χ3n) is 12.0. The Hall–Kier alpha value is -1.45. The summed E-state index contributed by atoms with van der Waals surface area (Å²) in [6.45, 7) is 4.85. The molecule has 9 heteroatoms. The smallest absolute Gasteiger partial charge is 0.744 e. The van der Waals surface area contributed by atoms with Crippen LogP contribution in [0.1, 0.15) is 279 Å². The van der Waals surface area contributed by atoms with E-state index in [0.29, 0.717) is 12.8 Å². The van der Waals surface area contributed by atoms with Gasteiger partial charge in [-0.25, -0.2) is 18.0 Å². The first kappa shape index (κ1) is 61.5. The van der Waals surface area contributed by atoms with E-state index in [0.717, 1.165) is 56.7 Å². The maximum atomic E-state index is 13.0. The van der Waals surface area contributed by atoms with Crippen LogP contribution < -0.4 is 29.6 Å². The average molecular weight is 909 g/mol. The van der Waals surface area contributed by atoms with Crippen molar-refractivity contribution in [3.63, 3.8) is 0 Å². The number of carbonyl (C=O) groups excluding carboxylic acids is 2. The summed E-state index contributed by atoms with van der Waals surface area (Å²) in [4.78, 5) is 25.3. The van der Waals surface area contributed by atoms with Crippen molar-refractivity contribution in [3.8, 4) is 0 Å². The van der Waals surface area contributed by atoms with Gasteiger partial charge in [0.05, 0.1) is 29.2 Å². The summed E-state index contributed by atoms with van der Waals surface area (Å²) in [5.41, 5.74) is -0.371. The van der Waals surface area contributed by atoms with Crippen LogP contribution in [0.15, 0.2) is 47.4 Å². The van der Waals surface area contributed by atoms with E-state index in [2.05, 4.69) is 38.2 Å². The second-order valence-corrected chi connectivity index (χ2v) is 19.2. The first-order chi connectivity index (χ1) is 30.3. The summed E-state index contributed by atoms with van der Waals surface area (Å²) in [5, 5.41) is 0. The first-order valence-corrected chi connectivity index (χ1v) is 27.5. The number of esters is 2. The van der Waals surface area contributed by atoms with Gasteiger partial charge in [0.15, 0.2) is 0 Å². The van der Waals surface area contributed by atoms with Crippen LogP contribution in [0.4, 0.5) is 0 Å². The standard InChI is InChI=1S/C54H94O7S.Na/c1-3-5-7-9-11-13-15-17-19-21-23-25-27-29-31-33-35-37-39-41-43-47-60-53(55)51-46-45-50(62(57,58)59)49-52(51)54(56)61-48-44-42-40-38-36-34-32-30-28-26-24-22-20-18-16-14-12-10-8-6-4-2;/h35-38,45-46,49H,3-34,39-44,47-48H2,1-2H3,(H,57,58,59);/q;+1/p-1/b37-35+,38-36+;. The number of ether oxygens (including phenoxy) is 2. The molecule has 1 rings (SSSR count). The molecule has 358 valence electrons. The molecule has 0 saturated heterocycles. The quantitative estimate of drug-likeness (QED) is 0.0211. The fraction of sp³-hybridized carbons (Fsp3) is 0.778. The van der Waals surface area contributed by atoms with Crippen LogP contribution in [0.2, 0.25) is 0 Å². The number of unbranched alkanes of at least 4 members (excludes halogenated alkanes) is 34. The van der Waals surface area contributed by atoms with Gasteiger partial charge in [0, 0.05) is 0 Å². The van der Waals surface area contributed by atoms with Crippen LogP contribution >= 0.6 is 0 Å². The second kappa shape index (κ2) is 45.7. The number of benzene rings is 1. The van der Waals surface area contributed by atoms with Crippen LogP contribution in [0, 0.1) is 0 Å². The predicted octanol–water partition coefficient (Wildman–Crippen LogP) is 13.9. The van der Waals surface area contributed by atoms with Gasteiger partial charge in [0.25, 0.3) is 0 Å². The Morgan fingerprint density at radius 2 is 0.698 bits per heavy atom. The van der Waals surface area contributed by atoms with Crippen molar-refractivity contribution in [2.75, 3.05) is 13.2 Å². The summed E-state index contributed by atoms with van der Waals surface area (Å²) in [6.07, 6.45) is 56.8. The Labute approximate surface area is 410 Å². The zero-order chi connectivity index (χ0) is 45.0. The van der Waals surface area contributed by atoms with Crippen molar-refractivity contribution in [1.82, 2.24) is 0 Å². The topological polar surface area (TPSA) is 110 Å². The van der Waals surface area contributed by atoms with Crippen LogP contribution in [-0.2, 0) is 19.6 Å².